The van der Waals surface area contributed by atoms with E-state index in [0.717, 1.165) is 16.5 Å². The highest BCUT2D eigenvalue weighted by Crippen LogP contribution is 2.35. The van der Waals surface area contributed by atoms with Gasteiger partial charge in [-0.1, -0.05) is 59.3 Å². The minimum atomic E-state index is -3.47. The molecule has 29 heavy (non-hydrogen) atoms. The molecule has 4 rings (SSSR count). The van der Waals surface area contributed by atoms with Crippen LogP contribution in [0.2, 0.25) is 5.02 Å². The summed E-state index contributed by atoms with van der Waals surface area (Å²) in [5, 5.41) is 1.04. The number of thiazole rings is 1. The Morgan fingerprint density at radius 2 is 2.00 bits per heavy atom. The molecule has 0 saturated carbocycles. The highest BCUT2D eigenvalue weighted by molar-refractivity contribution is 7.88. The summed E-state index contributed by atoms with van der Waals surface area (Å²) in [6, 6.07) is 14.4. The molecule has 2 aromatic carbocycles. The van der Waals surface area contributed by atoms with Crippen molar-refractivity contribution in [3.63, 3.8) is 0 Å². The van der Waals surface area contributed by atoms with Gasteiger partial charge in [0.2, 0.25) is 15.9 Å². The molecule has 2 heterocycles. The molecule has 0 unspecified atom stereocenters. The molecule has 1 aromatic heterocycles. The average Bonchev–Trinajstić information content (AvgIpc) is 3.34. The van der Waals surface area contributed by atoms with Gasteiger partial charge in [0.1, 0.15) is 11.6 Å². The van der Waals surface area contributed by atoms with Crippen LogP contribution in [0.4, 0.5) is 5.13 Å². The SMILES string of the molecule is CS(=O)(=O)N1CCC[C@H]1C(=O)N(Cc1ccccc1)c1nc2c(Cl)cccc2s1. The Hall–Kier alpha value is -2.00. The van der Waals surface area contributed by atoms with Gasteiger partial charge in [-0.05, 0) is 30.5 Å². The molecular formula is C20H20ClN3O3S2. The van der Waals surface area contributed by atoms with Crippen LogP contribution in [0.5, 0.6) is 0 Å². The molecule has 3 aromatic rings. The van der Waals surface area contributed by atoms with Gasteiger partial charge in [-0.15, -0.1) is 0 Å². The lowest BCUT2D eigenvalue weighted by Gasteiger charge is -2.27. The average molecular weight is 450 g/mol. The van der Waals surface area contributed by atoms with Gasteiger partial charge >= 0.3 is 0 Å². The maximum absolute atomic E-state index is 13.5. The molecule has 1 aliphatic heterocycles. The number of amides is 1. The number of fused-ring (bicyclic) bond motifs is 1. The van der Waals surface area contributed by atoms with Gasteiger partial charge in [0.05, 0.1) is 22.5 Å². The third-order valence-electron chi connectivity index (χ3n) is 4.95. The van der Waals surface area contributed by atoms with E-state index in [0.29, 0.717) is 41.6 Å². The van der Waals surface area contributed by atoms with E-state index in [9.17, 15) is 13.2 Å². The summed E-state index contributed by atoms with van der Waals surface area (Å²) in [4.78, 5) is 19.7. The number of halogens is 1. The quantitative estimate of drug-likeness (QED) is 0.592. The van der Waals surface area contributed by atoms with Gasteiger partial charge in [0, 0.05) is 6.54 Å². The maximum Gasteiger partial charge on any atom is 0.247 e. The van der Waals surface area contributed by atoms with E-state index < -0.39 is 16.1 Å². The molecule has 0 bridgehead atoms. The zero-order valence-electron chi connectivity index (χ0n) is 15.8. The van der Waals surface area contributed by atoms with E-state index in [1.54, 1.807) is 11.0 Å². The van der Waals surface area contributed by atoms with Gasteiger partial charge in [0.25, 0.3) is 0 Å². The van der Waals surface area contributed by atoms with E-state index in [1.165, 1.54) is 15.6 Å². The summed E-state index contributed by atoms with van der Waals surface area (Å²) < 4.78 is 26.5. The number of hydrogen-bond acceptors (Lipinski definition) is 5. The first-order valence-corrected chi connectivity index (χ1v) is 12.3. The highest BCUT2D eigenvalue weighted by atomic mass is 35.5. The number of para-hydroxylation sites is 1. The topological polar surface area (TPSA) is 70.6 Å². The van der Waals surface area contributed by atoms with Crippen molar-refractivity contribution in [2.24, 2.45) is 0 Å². The molecule has 1 amide bonds. The Morgan fingerprint density at radius 3 is 2.69 bits per heavy atom. The number of nitrogens with zero attached hydrogens (tertiary/aromatic N) is 3. The minimum absolute atomic E-state index is 0.257. The number of anilines is 1. The van der Waals surface area contributed by atoms with Crippen molar-refractivity contribution in [1.29, 1.82) is 0 Å². The smallest absolute Gasteiger partial charge is 0.247 e. The number of aromatic nitrogens is 1. The molecule has 0 aliphatic carbocycles. The van der Waals surface area contributed by atoms with E-state index in [-0.39, 0.29) is 5.91 Å². The van der Waals surface area contributed by atoms with Crippen LogP contribution in [0.3, 0.4) is 0 Å². The van der Waals surface area contributed by atoms with Crippen LogP contribution < -0.4 is 4.90 Å². The summed E-state index contributed by atoms with van der Waals surface area (Å²) in [6.45, 7) is 0.672. The van der Waals surface area contributed by atoms with Gasteiger partial charge in [-0.25, -0.2) is 13.4 Å². The lowest BCUT2D eigenvalue weighted by molar-refractivity contribution is -0.121. The zero-order chi connectivity index (χ0) is 20.6. The van der Waals surface area contributed by atoms with Crippen molar-refractivity contribution < 1.29 is 13.2 Å². The Kier molecular flexibility index (Phi) is 5.61. The molecule has 6 nitrogen and oxygen atoms in total. The van der Waals surface area contributed by atoms with Crippen molar-refractivity contribution in [2.75, 3.05) is 17.7 Å². The van der Waals surface area contributed by atoms with Crippen molar-refractivity contribution in [1.82, 2.24) is 9.29 Å². The normalized spacial score (nSPS) is 17.7. The zero-order valence-corrected chi connectivity index (χ0v) is 18.2. The number of rotatable bonds is 5. The van der Waals surface area contributed by atoms with Crippen LogP contribution >= 0.6 is 22.9 Å². The number of benzene rings is 2. The monoisotopic (exact) mass is 449 g/mol. The van der Waals surface area contributed by atoms with Crippen LogP contribution in [-0.4, -0.2) is 42.5 Å². The van der Waals surface area contributed by atoms with E-state index in [2.05, 4.69) is 4.98 Å². The van der Waals surface area contributed by atoms with E-state index >= 15 is 0 Å². The molecule has 0 spiro atoms. The Morgan fingerprint density at radius 1 is 1.24 bits per heavy atom. The second kappa shape index (κ2) is 8.02. The van der Waals surface area contributed by atoms with Gasteiger partial charge in [0.15, 0.2) is 5.13 Å². The standard InChI is InChI=1S/C20H20ClN3O3S2/c1-29(26,27)24-12-6-10-16(24)19(25)23(13-14-7-3-2-4-8-14)20-22-18-15(21)9-5-11-17(18)28-20/h2-5,7-9,11,16H,6,10,12-13H2,1H3/t16-/m0/s1. The van der Waals surface area contributed by atoms with Crippen LogP contribution in [0.1, 0.15) is 18.4 Å². The second-order valence-corrected chi connectivity index (χ2v) is 10.4. The summed E-state index contributed by atoms with van der Waals surface area (Å²) in [5.74, 6) is -0.257. The summed E-state index contributed by atoms with van der Waals surface area (Å²) in [6.07, 6.45) is 2.31. The van der Waals surface area contributed by atoms with Crippen molar-refractivity contribution in [3.05, 3.63) is 59.1 Å². The summed E-state index contributed by atoms with van der Waals surface area (Å²) in [7, 11) is -3.47. The Balaban J connectivity index is 1.75. The molecule has 1 fully saturated rings. The fourth-order valence-electron chi connectivity index (χ4n) is 3.59. The van der Waals surface area contributed by atoms with E-state index in [1.807, 2.05) is 42.5 Å². The molecule has 1 aliphatic rings. The number of carbonyl (C=O) groups is 1. The van der Waals surface area contributed by atoms with Crippen LogP contribution in [0.25, 0.3) is 10.2 Å². The Bertz CT molecular complexity index is 1150. The molecule has 0 radical (unpaired) electrons. The number of sulfonamides is 1. The van der Waals surface area contributed by atoms with Crippen molar-refractivity contribution in [3.8, 4) is 0 Å². The molecule has 9 heteroatoms. The Labute approximate surface area is 178 Å². The summed E-state index contributed by atoms with van der Waals surface area (Å²) in [5.41, 5.74) is 1.58. The maximum atomic E-state index is 13.5. The first-order chi connectivity index (χ1) is 13.8. The number of carbonyl (C=O) groups excluding carboxylic acids is 1. The lowest BCUT2D eigenvalue weighted by Crippen LogP contribution is -2.47. The van der Waals surface area contributed by atoms with Crippen LogP contribution in [0, 0.1) is 0 Å². The third kappa shape index (κ3) is 4.16. The van der Waals surface area contributed by atoms with E-state index in [4.69, 9.17) is 11.6 Å². The van der Waals surface area contributed by atoms with Gasteiger partial charge < -0.3 is 0 Å². The third-order valence-corrected chi connectivity index (χ3v) is 7.59. The van der Waals surface area contributed by atoms with Gasteiger partial charge in [-0.3, -0.25) is 9.69 Å². The predicted octanol–water partition coefficient (Wildman–Crippen LogP) is 3.91. The molecule has 1 atom stereocenters. The lowest BCUT2D eigenvalue weighted by atomic mass is 10.1. The van der Waals surface area contributed by atoms with Crippen LogP contribution in [-0.2, 0) is 21.4 Å². The molecular weight excluding hydrogens is 430 g/mol. The predicted molar refractivity (Wildman–Crippen MR) is 117 cm³/mol. The van der Waals surface area contributed by atoms with Crippen molar-refractivity contribution >= 4 is 54.2 Å². The number of hydrogen-bond donors (Lipinski definition) is 0. The van der Waals surface area contributed by atoms with Crippen LogP contribution in [0.15, 0.2) is 48.5 Å². The second-order valence-electron chi connectivity index (χ2n) is 7.02. The molecule has 0 N–H and O–H groups in total. The molecule has 1 saturated heterocycles. The van der Waals surface area contributed by atoms with Gasteiger partial charge in [-0.2, -0.15) is 4.31 Å². The highest BCUT2D eigenvalue weighted by Gasteiger charge is 2.39. The summed E-state index contributed by atoms with van der Waals surface area (Å²) >= 11 is 7.65. The fourth-order valence-corrected chi connectivity index (χ4v) is 5.98. The van der Waals surface area contributed by atoms with Crippen molar-refractivity contribution in [2.45, 2.75) is 25.4 Å². The fraction of sp³-hybridized carbons (Fsp3) is 0.300. The largest absolute Gasteiger partial charge is 0.282 e. The first kappa shape index (κ1) is 20.3. The first-order valence-electron chi connectivity index (χ1n) is 9.22. The minimum Gasteiger partial charge on any atom is -0.282 e. The molecule has 152 valence electrons.